The number of fused-ring (bicyclic) bond motifs is 1. The fraction of sp³-hybridized carbons (Fsp3) is 0.167. The van der Waals surface area contributed by atoms with Crippen molar-refractivity contribution in [1.29, 1.82) is 0 Å². The van der Waals surface area contributed by atoms with Crippen molar-refractivity contribution in [3.63, 3.8) is 0 Å². The quantitative estimate of drug-likeness (QED) is 0.254. The minimum absolute atomic E-state index is 0.0382. The van der Waals surface area contributed by atoms with Crippen LogP contribution in [0.5, 0.6) is 5.75 Å². The third kappa shape index (κ3) is 5.34. The van der Waals surface area contributed by atoms with Crippen molar-refractivity contribution in [1.82, 2.24) is 0 Å². The molecule has 152 valence electrons. The molecule has 0 fully saturated rings. The summed E-state index contributed by atoms with van der Waals surface area (Å²) < 4.78 is 10.4. The van der Waals surface area contributed by atoms with Crippen molar-refractivity contribution in [2.75, 3.05) is 12.1 Å². The lowest BCUT2D eigenvalue weighted by Gasteiger charge is -2.20. The Labute approximate surface area is 185 Å². The van der Waals surface area contributed by atoms with E-state index < -0.39 is 10.8 Å². The summed E-state index contributed by atoms with van der Waals surface area (Å²) in [5, 5.41) is 13.6. The molecule has 0 saturated carbocycles. The number of non-ortho nitro benzene ring substituents is 1. The number of nitrogens with zero attached hydrogens (tertiary/aromatic N) is 1. The van der Waals surface area contributed by atoms with E-state index in [1.165, 1.54) is 23.9 Å². The molecule has 1 aliphatic heterocycles. The van der Waals surface area contributed by atoms with E-state index in [0.29, 0.717) is 28.3 Å². The molecule has 1 amide bonds. The minimum Gasteiger partial charge on any atom is -0.467 e. The number of hydrogen-bond donors (Lipinski definition) is 1. The number of carbonyl (C=O) groups is 1. The molecule has 0 spiro atoms. The second-order valence-corrected chi connectivity index (χ2v) is 8.12. The molecule has 2 aromatic carbocycles. The summed E-state index contributed by atoms with van der Waals surface area (Å²) in [4.78, 5) is 23.6. The molecule has 11 heteroatoms. The SMILES string of the molecule is O=C(Nc1ccccc1SCc1cc([N+](=O)[O-])cc2c1OCOC2)C(Cl)=C(Cl)Cl. The minimum atomic E-state index is -0.645. The van der Waals surface area contributed by atoms with Crippen LogP contribution in [-0.4, -0.2) is 17.6 Å². The molecule has 1 N–H and O–H groups in total. The van der Waals surface area contributed by atoms with E-state index in [4.69, 9.17) is 44.3 Å². The summed E-state index contributed by atoms with van der Waals surface area (Å²) >= 11 is 18.2. The molecule has 29 heavy (non-hydrogen) atoms. The van der Waals surface area contributed by atoms with Gasteiger partial charge >= 0.3 is 0 Å². The molecular weight excluding hydrogens is 463 g/mol. The Kier molecular flexibility index (Phi) is 7.26. The molecule has 0 aromatic heterocycles. The van der Waals surface area contributed by atoms with Crippen molar-refractivity contribution in [3.8, 4) is 5.75 Å². The van der Waals surface area contributed by atoms with Gasteiger partial charge in [0.15, 0.2) is 6.79 Å². The summed E-state index contributed by atoms with van der Waals surface area (Å²) in [6.45, 7) is 0.324. The number of nitro groups is 1. The van der Waals surface area contributed by atoms with E-state index in [2.05, 4.69) is 5.32 Å². The van der Waals surface area contributed by atoms with Gasteiger partial charge in [0.2, 0.25) is 0 Å². The summed E-state index contributed by atoms with van der Waals surface area (Å²) in [6, 6.07) is 9.96. The lowest BCUT2D eigenvalue weighted by Crippen LogP contribution is -2.13. The summed E-state index contributed by atoms with van der Waals surface area (Å²) in [5.41, 5.74) is 1.74. The Morgan fingerprint density at radius 1 is 1.24 bits per heavy atom. The van der Waals surface area contributed by atoms with Crippen molar-refractivity contribution < 1.29 is 19.2 Å². The number of nitrogens with one attached hydrogen (secondary N) is 1. The molecule has 3 rings (SSSR count). The number of rotatable bonds is 6. The predicted octanol–water partition coefficient (Wildman–Crippen LogP) is 5.58. The van der Waals surface area contributed by atoms with E-state index in [-0.39, 0.29) is 28.6 Å². The van der Waals surface area contributed by atoms with Gasteiger partial charge in [0.1, 0.15) is 15.3 Å². The molecule has 0 unspecified atom stereocenters. The Balaban J connectivity index is 1.84. The smallest absolute Gasteiger partial charge is 0.270 e. The standard InChI is InChI=1S/C18H13Cl3N2O5S/c19-15(17(20)21)18(24)22-13-3-1-2-4-14(13)29-8-11-6-12(23(25)26)5-10-7-27-9-28-16(10)11/h1-6H,7-9H2,(H,22,24). The molecule has 0 saturated heterocycles. The molecular formula is C18H13Cl3N2O5S. The molecule has 0 aliphatic carbocycles. The number of anilines is 1. The molecule has 7 nitrogen and oxygen atoms in total. The fourth-order valence-electron chi connectivity index (χ4n) is 2.61. The fourth-order valence-corrected chi connectivity index (χ4v) is 3.80. The Morgan fingerprint density at radius 3 is 2.72 bits per heavy atom. The van der Waals surface area contributed by atoms with Gasteiger partial charge in [-0.2, -0.15) is 0 Å². The summed E-state index contributed by atoms with van der Waals surface area (Å²) in [7, 11) is 0. The first-order chi connectivity index (χ1) is 13.9. The zero-order valence-electron chi connectivity index (χ0n) is 14.6. The van der Waals surface area contributed by atoms with Crippen molar-refractivity contribution in [3.05, 3.63) is 67.2 Å². The second-order valence-electron chi connectivity index (χ2n) is 5.77. The van der Waals surface area contributed by atoms with E-state index >= 15 is 0 Å². The van der Waals surface area contributed by atoms with Gasteiger partial charge in [-0.25, -0.2) is 0 Å². The van der Waals surface area contributed by atoms with Crippen LogP contribution >= 0.6 is 46.6 Å². The number of hydrogen-bond acceptors (Lipinski definition) is 6. The first-order valence-corrected chi connectivity index (χ1v) is 10.2. The van der Waals surface area contributed by atoms with Gasteiger partial charge in [0.25, 0.3) is 11.6 Å². The highest BCUT2D eigenvalue weighted by Crippen LogP contribution is 2.38. The van der Waals surface area contributed by atoms with Gasteiger partial charge in [-0.3, -0.25) is 14.9 Å². The number of nitro benzene ring substituents is 1. The maximum absolute atomic E-state index is 12.1. The van der Waals surface area contributed by atoms with Crippen molar-refractivity contribution >= 4 is 63.8 Å². The predicted molar refractivity (Wildman–Crippen MR) is 113 cm³/mol. The van der Waals surface area contributed by atoms with E-state index in [1.54, 1.807) is 24.3 Å². The van der Waals surface area contributed by atoms with Crippen LogP contribution in [-0.2, 0) is 21.9 Å². The van der Waals surface area contributed by atoms with Gasteiger partial charge in [0, 0.05) is 33.9 Å². The normalized spacial score (nSPS) is 12.5. The number of ether oxygens (including phenoxy) is 2. The van der Waals surface area contributed by atoms with Crippen LogP contribution in [0.2, 0.25) is 0 Å². The number of carbonyl (C=O) groups excluding carboxylic acids is 1. The van der Waals surface area contributed by atoms with Crippen molar-refractivity contribution in [2.24, 2.45) is 0 Å². The Bertz CT molecular complexity index is 995. The highest BCUT2D eigenvalue weighted by atomic mass is 35.5. The van der Waals surface area contributed by atoms with Crippen LogP contribution in [0.3, 0.4) is 0 Å². The lowest BCUT2D eigenvalue weighted by atomic mass is 10.1. The number of para-hydroxylation sites is 1. The van der Waals surface area contributed by atoms with Gasteiger partial charge in [-0.15, -0.1) is 11.8 Å². The van der Waals surface area contributed by atoms with E-state index in [9.17, 15) is 14.9 Å². The largest absolute Gasteiger partial charge is 0.467 e. The Hall–Kier alpha value is -1.97. The van der Waals surface area contributed by atoms with E-state index in [0.717, 1.165) is 4.90 Å². The topological polar surface area (TPSA) is 90.7 Å². The molecule has 0 radical (unpaired) electrons. The lowest BCUT2D eigenvalue weighted by molar-refractivity contribution is -0.385. The third-order valence-electron chi connectivity index (χ3n) is 3.87. The number of thioether (sulfide) groups is 1. The first kappa shape index (κ1) is 21.7. The van der Waals surface area contributed by atoms with E-state index in [1.807, 2.05) is 0 Å². The third-order valence-corrected chi connectivity index (χ3v) is 5.92. The van der Waals surface area contributed by atoms with Gasteiger partial charge in [-0.05, 0) is 12.1 Å². The number of amides is 1. The van der Waals surface area contributed by atoms with Crippen LogP contribution in [0, 0.1) is 10.1 Å². The maximum atomic E-state index is 12.1. The van der Waals surface area contributed by atoms with Crippen LogP contribution in [0.1, 0.15) is 11.1 Å². The molecule has 0 atom stereocenters. The van der Waals surface area contributed by atoms with Gasteiger partial charge in [-0.1, -0.05) is 46.9 Å². The summed E-state index contributed by atoms with van der Waals surface area (Å²) in [5.74, 6) is 0.306. The molecule has 1 aliphatic rings. The maximum Gasteiger partial charge on any atom is 0.270 e. The highest BCUT2D eigenvalue weighted by Gasteiger charge is 2.21. The van der Waals surface area contributed by atoms with Crippen LogP contribution in [0.4, 0.5) is 11.4 Å². The van der Waals surface area contributed by atoms with Gasteiger partial charge < -0.3 is 14.8 Å². The number of halogens is 3. The first-order valence-electron chi connectivity index (χ1n) is 8.11. The second kappa shape index (κ2) is 9.69. The molecule has 2 aromatic rings. The van der Waals surface area contributed by atoms with Crippen LogP contribution < -0.4 is 10.1 Å². The summed E-state index contributed by atoms with van der Waals surface area (Å²) in [6.07, 6.45) is 0. The zero-order chi connectivity index (χ0) is 21.0. The monoisotopic (exact) mass is 474 g/mol. The van der Waals surface area contributed by atoms with Gasteiger partial charge in [0.05, 0.1) is 17.2 Å². The highest BCUT2D eigenvalue weighted by molar-refractivity contribution is 7.98. The van der Waals surface area contributed by atoms with Crippen LogP contribution in [0.15, 0.2) is 50.8 Å². The van der Waals surface area contributed by atoms with Crippen molar-refractivity contribution in [2.45, 2.75) is 17.3 Å². The Morgan fingerprint density at radius 2 is 2.00 bits per heavy atom. The molecule has 1 heterocycles. The molecule has 0 bridgehead atoms. The average Bonchev–Trinajstić information content (AvgIpc) is 2.71. The number of benzene rings is 2. The zero-order valence-corrected chi connectivity index (χ0v) is 17.7. The van der Waals surface area contributed by atoms with Crippen LogP contribution in [0.25, 0.3) is 0 Å². The average molecular weight is 476 g/mol.